The molecule has 0 atom stereocenters. The predicted molar refractivity (Wildman–Crippen MR) is 99.4 cm³/mol. The molecule has 0 radical (unpaired) electrons. The van der Waals surface area contributed by atoms with Gasteiger partial charge in [0.25, 0.3) is 0 Å². The summed E-state index contributed by atoms with van der Waals surface area (Å²) < 4.78 is 21.4. The second-order valence-corrected chi connectivity index (χ2v) is 6.83. The SMILES string of the molecule is Fc1ccc(-n2c(OCCN3CCCC3)cc3ccc(Cl)cc32)cc1. The average Bonchev–Trinajstić information content (AvgIpc) is 3.23. The van der Waals surface area contributed by atoms with Crippen molar-refractivity contribution in [1.82, 2.24) is 9.47 Å². The highest BCUT2D eigenvalue weighted by Gasteiger charge is 2.15. The minimum absolute atomic E-state index is 0.255. The van der Waals surface area contributed by atoms with Crippen LogP contribution in [0.4, 0.5) is 4.39 Å². The molecule has 4 rings (SSSR count). The summed E-state index contributed by atoms with van der Waals surface area (Å²) in [6.07, 6.45) is 2.54. The van der Waals surface area contributed by atoms with Gasteiger partial charge in [0.2, 0.25) is 0 Å². The standard InChI is InChI=1S/C20H20ClFN2O/c21-16-4-3-15-13-20(25-12-11-23-9-1-2-10-23)24(19(15)14-16)18-7-5-17(22)6-8-18/h3-8,13-14H,1-2,9-12H2. The molecule has 1 aliphatic rings. The first-order valence-electron chi connectivity index (χ1n) is 8.63. The van der Waals surface area contributed by atoms with Gasteiger partial charge in [0, 0.05) is 28.7 Å². The molecule has 0 unspecified atom stereocenters. The topological polar surface area (TPSA) is 17.4 Å². The molecule has 0 amide bonds. The van der Waals surface area contributed by atoms with Gasteiger partial charge in [0.05, 0.1) is 5.52 Å². The van der Waals surface area contributed by atoms with Crippen molar-refractivity contribution in [2.45, 2.75) is 12.8 Å². The fourth-order valence-electron chi connectivity index (χ4n) is 3.40. The molecule has 3 nitrogen and oxygen atoms in total. The van der Waals surface area contributed by atoms with Crippen molar-refractivity contribution in [3.63, 3.8) is 0 Å². The van der Waals surface area contributed by atoms with Gasteiger partial charge in [-0.2, -0.15) is 0 Å². The molecular weight excluding hydrogens is 339 g/mol. The second-order valence-electron chi connectivity index (χ2n) is 6.39. The molecule has 5 heteroatoms. The number of nitrogens with zero attached hydrogens (tertiary/aromatic N) is 2. The monoisotopic (exact) mass is 358 g/mol. The molecule has 1 aliphatic heterocycles. The van der Waals surface area contributed by atoms with Gasteiger partial charge < -0.3 is 4.74 Å². The zero-order valence-corrected chi connectivity index (χ0v) is 14.7. The Labute approximate surface area is 151 Å². The molecule has 0 spiro atoms. The van der Waals surface area contributed by atoms with Gasteiger partial charge >= 0.3 is 0 Å². The van der Waals surface area contributed by atoms with Crippen molar-refractivity contribution in [2.24, 2.45) is 0 Å². The van der Waals surface area contributed by atoms with Crippen LogP contribution >= 0.6 is 11.6 Å². The predicted octanol–water partition coefficient (Wildman–Crippen LogP) is 4.90. The third kappa shape index (κ3) is 3.51. The second kappa shape index (κ2) is 7.06. The number of ether oxygens (including phenoxy) is 1. The number of hydrogen-bond acceptors (Lipinski definition) is 2. The third-order valence-corrected chi connectivity index (χ3v) is 4.91. The highest BCUT2D eigenvalue weighted by atomic mass is 35.5. The van der Waals surface area contributed by atoms with Gasteiger partial charge in [-0.3, -0.25) is 9.47 Å². The Morgan fingerprint density at radius 3 is 2.52 bits per heavy atom. The van der Waals surface area contributed by atoms with Gasteiger partial charge in [-0.05, 0) is 62.3 Å². The van der Waals surface area contributed by atoms with Gasteiger partial charge in [0.15, 0.2) is 5.88 Å². The van der Waals surface area contributed by atoms with Crippen LogP contribution in [0, 0.1) is 5.82 Å². The number of fused-ring (bicyclic) bond motifs is 1. The molecule has 1 saturated heterocycles. The number of benzene rings is 2. The largest absolute Gasteiger partial charge is 0.477 e. The first kappa shape index (κ1) is 16.4. The van der Waals surface area contributed by atoms with Gasteiger partial charge in [-0.15, -0.1) is 0 Å². The number of likely N-dealkylation sites (tertiary alicyclic amines) is 1. The normalized spacial score (nSPS) is 15.1. The van der Waals surface area contributed by atoms with E-state index in [9.17, 15) is 4.39 Å². The van der Waals surface area contributed by atoms with Gasteiger partial charge in [0.1, 0.15) is 12.4 Å². The van der Waals surface area contributed by atoms with E-state index in [4.69, 9.17) is 16.3 Å². The lowest BCUT2D eigenvalue weighted by atomic mass is 10.2. The molecule has 2 heterocycles. The summed E-state index contributed by atoms with van der Waals surface area (Å²) in [5.74, 6) is 0.498. The summed E-state index contributed by atoms with van der Waals surface area (Å²) in [6.45, 7) is 3.86. The molecule has 0 bridgehead atoms. The van der Waals surface area contributed by atoms with Crippen molar-refractivity contribution in [3.05, 3.63) is 59.4 Å². The van der Waals surface area contributed by atoms with Crippen molar-refractivity contribution >= 4 is 22.5 Å². The molecule has 1 aromatic heterocycles. The minimum atomic E-state index is -0.255. The van der Waals surface area contributed by atoms with E-state index in [1.165, 1.54) is 25.0 Å². The maximum Gasteiger partial charge on any atom is 0.199 e. The lowest BCUT2D eigenvalue weighted by Gasteiger charge is -2.16. The summed E-state index contributed by atoms with van der Waals surface area (Å²) in [6, 6.07) is 14.2. The molecule has 130 valence electrons. The highest BCUT2D eigenvalue weighted by Crippen LogP contribution is 2.31. The summed E-state index contributed by atoms with van der Waals surface area (Å²) in [4.78, 5) is 2.42. The van der Waals surface area contributed by atoms with E-state index in [0.29, 0.717) is 11.6 Å². The molecule has 0 aliphatic carbocycles. The molecule has 1 fully saturated rings. The number of aromatic nitrogens is 1. The van der Waals surface area contributed by atoms with Gasteiger partial charge in [-0.1, -0.05) is 17.7 Å². The van der Waals surface area contributed by atoms with Gasteiger partial charge in [-0.25, -0.2) is 4.39 Å². The first-order chi connectivity index (χ1) is 12.2. The lowest BCUT2D eigenvalue weighted by molar-refractivity contribution is 0.230. The van der Waals surface area contributed by atoms with Crippen LogP contribution in [0.3, 0.4) is 0 Å². The van der Waals surface area contributed by atoms with Crippen LogP contribution in [0.15, 0.2) is 48.5 Å². The van der Waals surface area contributed by atoms with E-state index in [1.807, 2.05) is 28.8 Å². The Kier molecular flexibility index (Phi) is 4.64. The molecule has 2 aromatic carbocycles. The quantitative estimate of drug-likeness (QED) is 0.645. The van der Waals surface area contributed by atoms with Crippen LogP contribution in [0.1, 0.15) is 12.8 Å². The molecule has 0 saturated carbocycles. The van der Waals surface area contributed by atoms with Crippen molar-refractivity contribution in [2.75, 3.05) is 26.2 Å². The van der Waals surface area contributed by atoms with Crippen molar-refractivity contribution in [3.8, 4) is 11.6 Å². The van der Waals surface area contributed by atoms with Crippen LogP contribution in [-0.4, -0.2) is 35.7 Å². The third-order valence-electron chi connectivity index (χ3n) is 4.67. The Morgan fingerprint density at radius 2 is 1.76 bits per heavy atom. The molecule has 0 N–H and O–H groups in total. The van der Waals surface area contributed by atoms with E-state index in [1.54, 1.807) is 12.1 Å². The van der Waals surface area contributed by atoms with E-state index >= 15 is 0 Å². The lowest BCUT2D eigenvalue weighted by Crippen LogP contribution is -2.25. The Balaban J connectivity index is 1.66. The average molecular weight is 359 g/mol. The number of halogens is 2. The van der Waals surface area contributed by atoms with E-state index in [0.717, 1.165) is 42.1 Å². The van der Waals surface area contributed by atoms with Crippen molar-refractivity contribution < 1.29 is 9.13 Å². The molecule has 25 heavy (non-hydrogen) atoms. The zero-order chi connectivity index (χ0) is 17.2. The van der Waals surface area contributed by atoms with Crippen LogP contribution in [0.2, 0.25) is 5.02 Å². The van der Waals surface area contributed by atoms with Crippen LogP contribution in [0.25, 0.3) is 16.6 Å². The highest BCUT2D eigenvalue weighted by molar-refractivity contribution is 6.31. The van der Waals surface area contributed by atoms with Crippen molar-refractivity contribution in [1.29, 1.82) is 0 Å². The van der Waals surface area contributed by atoms with E-state index in [2.05, 4.69) is 4.90 Å². The fraction of sp³-hybridized carbons (Fsp3) is 0.300. The van der Waals surface area contributed by atoms with Crippen LogP contribution < -0.4 is 4.74 Å². The molecular formula is C20H20ClFN2O. The number of rotatable bonds is 5. The summed E-state index contributed by atoms with van der Waals surface area (Å²) in [5, 5.41) is 1.71. The smallest absolute Gasteiger partial charge is 0.199 e. The summed E-state index contributed by atoms with van der Waals surface area (Å²) in [5.41, 5.74) is 1.81. The minimum Gasteiger partial charge on any atom is -0.477 e. The Bertz CT molecular complexity index is 869. The molecule has 3 aromatic rings. The van der Waals surface area contributed by atoms with Crippen LogP contribution in [0.5, 0.6) is 5.88 Å². The number of hydrogen-bond donors (Lipinski definition) is 0. The van der Waals surface area contributed by atoms with Crippen LogP contribution in [-0.2, 0) is 0 Å². The summed E-state index contributed by atoms with van der Waals surface area (Å²) >= 11 is 6.18. The zero-order valence-electron chi connectivity index (χ0n) is 13.9. The maximum absolute atomic E-state index is 13.3. The van der Waals surface area contributed by atoms with E-state index < -0.39 is 0 Å². The fourth-order valence-corrected chi connectivity index (χ4v) is 3.56. The Morgan fingerprint density at radius 1 is 1.00 bits per heavy atom. The summed E-state index contributed by atoms with van der Waals surface area (Å²) in [7, 11) is 0. The maximum atomic E-state index is 13.3. The first-order valence-corrected chi connectivity index (χ1v) is 9.00. The van der Waals surface area contributed by atoms with E-state index in [-0.39, 0.29) is 5.82 Å². The Hall–Kier alpha value is -2.04.